The van der Waals surface area contributed by atoms with Crippen molar-refractivity contribution in [1.29, 1.82) is 0 Å². The Morgan fingerprint density at radius 1 is 1.07 bits per heavy atom. The van der Waals surface area contributed by atoms with Crippen molar-refractivity contribution in [1.82, 2.24) is 14.8 Å². The molecule has 1 N–H and O–H groups in total. The fraction of sp³-hybridized carbons (Fsp3) is 0.200. The summed E-state index contributed by atoms with van der Waals surface area (Å²) in [7, 11) is 0. The van der Waals surface area contributed by atoms with Gasteiger partial charge in [-0.25, -0.2) is 10.4 Å². The summed E-state index contributed by atoms with van der Waals surface area (Å²) in [4.78, 5) is 31.8. The molecule has 0 saturated carbocycles. The van der Waals surface area contributed by atoms with Crippen LogP contribution in [0.1, 0.15) is 28.8 Å². The summed E-state index contributed by atoms with van der Waals surface area (Å²) >= 11 is 0. The maximum absolute atomic E-state index is 12.9. The number of rotatable bonds is 4. The summed E-state index contributed by atoms with van der Waals surface area (Å²) in [6, 6.07) is 14.2. The average molecular weight is 361 g/mol. The molecule has 7 heteroatoms. The summed E-state index contributed by atoms with van der Waals surface area (Å²) in [6.07, 6.45) is 5.20. The van der Waals surface area contributed by atoms with E-state index in [-0.39, 0.29) is 11.5 Å². The Balaban J connectivity index is 1.69. The molecule has 4 rings (SSSR count). The largest absolute Gasteiger partial charge is 0.356 e. The average Bonchev–Trinajstić information content (AvgIpc) is 3.25. The molecule has 7 nitrogen and oxygen atoms in total. The number of amides is 1. The highest BCUT2D eigenvalue weighted by molar-refractivity contribution is 5.95. The van der Waals surface area contributed by atoms with E-state index in [9.17, 15) is 9.59 Å². The Kier molecular flexibility index (Phi) is 4.65. The van der Waals surface area contributed by atoms with E-state index in [1.54, 1.807) is 42.6 Å². The van der Waals surface area contributed by atoms with Gasteiger partial charge in [0.25, 0.3) is 11.5 Å². The van der Waals surface area contributed by atoms with Crippen molar-refractivity contribution < 1.29 is 4.79 Å². The number of carbonyl (C=O) groups is 1. The molecule has 136 valence electrons. The molecule has 0 atom stereocenters. The third-order valence-corrected chi connectivity index (χ3v) is 4.55. The van der Waals surface area contributed by atoms with Crippen LogP contribution in [0.3, 0.4) is 0 Å². The Hall–Kier alpha value is -3.48. The van der Waals surface area contributed by atoms with Gasteiger partial charge < -0.3 is 4.90 Å². The van der Waals surface area contributed by atoms with E-state index in [0.717, 1.165) is 25.9 Å². The Morgan fingerprint density at radius 3 is 2.59 bits per heavy atom. The van der Waals surface area contributed by atoms with Gasteiger partial charge in [-0.05, 0) is 37.1 Å². The molecule has 0 radical (unpaired) electrons. The minimum Gasteiger partial charge on any atom is -0.356 e. The van der Waals surface area contributed by atoms with Crippen LogP contribution >= 0.6 is 0 Å². The predicted octanol–water partition coefficient (Wildman–Crippen LogP) is 2.06. The van der Waals surface area contributed by atoms with Crippen molar-refractivity contribution >= 4 is 23.6 Å². The van der Waals surface area contributed by atoms with E-state index in [4.69, 9.17) is 0 Å². The Morgan fingerprint density at radius 2 is 1.81 bits per heavy atom. The lowest BCUT2D eigenvalue weighted by Gasteiger charge is -2.18. The number of benzene rings is 1. The number of nitrogens with one attached hydrogen (secondary N) is 1. The maximum Gasteiger partial charge on any atom is 0.271 e. The molecular weight excluding hydrogens is 342 g/mol. The van der Waals surface area contributed by atoms with Gasteiger partial charge in [-0.15, -0.1) is 0 Å². The third-order valence-electron chi connectivity index (χ3n) is 4.55. The summed E-state index contributed by atoms with van der Waals surface area (Å²) in [6.45, 7) is 1.71. The van der Waals surface area contributed by atoms with E-state index in [2.05, 4.69) is 20.4 Å². The number of hydrogen-bond donors (Lipinski definition) is 1. The van der Waals surface area contributed by atoms with Crippen LogP contribution in [0.25, 0.3) is 5.65 Å². The topological polar surface area (TPSA) is 79.1 Å². The van der Waals surface area contributed by atoms with Crippen LogP contribution in [-0.4, -0.2) is 34.6 Å². The number of hydrazone groups is 1. The summed E-state index contributed by atoms with van der Waals surface area (Å²) in [5.41, 5.74) is 3.73. The van der Waals surface area contributed by atoms with Gasteiger partial charge in [-0.3, -0.25) is 14.0 Å². The van der Waals surface area contributed by atoms with E-state index >= 15 is 0 Å². The van der Waals surface area contributed by atoms with Crippen molar-refractivity contribution in [3.05, 3.63) is 76.2 Å². The zero-order chi connectivity index (χ0) is 18.6. The van der Waals surface area contributed by atoms with Gasteiger partial charge >= 0.3 is 0 Å². The summed E-state index contributed by atoms with van der Waals surface area (Å²) < 4.78 is 1.49. The van der Waals surface area contributed by atoms with Crippen LogP contribution in [0, 0.1) is 0 Å². The van der Waals surface area contributed by atoms with Gasteiger partial charge in [-0.2, -0.15) is 5.10 Å². The van der Waals surface area contributed by atoms with Crippen molar-refractivity contribution in [2.45, 2.75) is 12.8 Å². The van der Waals surface area contributed by atoms with Crippen molar-refractivity contribution in [3.63, 3.8) is 0 Å². The van der Waals surface area contributed by atoms with Gasteiger partial charge in [0, 0.05) is 24.8 Å². The zero-order valence-corrected chi connectivity index (χ0v) is 14.7. The number of anilines is 1. The number of aromatic nitrogens is 2. The highest BCUT2D eigenvalue weighted by atomic mass is 16.2. The first kappa shape index (κ1) is 17.0. The molecule has 2 aromatic heterocycles. The second-order valence-electron chi connectivity index (χ2n) is 6.34. The van der Waals surface area contributed by atoms with Crippen LogP contribution in [0.15, 0.2) is 64.6 Å². The normalized spacial score (nSPS) is 14.1. The lowest BCUT2D eigenvalue weighted by Crippen LogP contribution is -2.28. The minimum atomic E-state index is -0.330. The standard InChI is InChI=1S/C20H19N5O2/c26-19(15-8-2-1-3-9-15)23-21-14-16-18(24-11-6-7-12-24)22-17-10-4-5-13-25(17)20(16)27/h1-5,8-10,13-14H,6-7,11-12H2,(H,23,26)/b21-14+. The first-order valence-corrected chi connectivity index (χ1v) is 8.89. The monoisotopic (exact) mass is 361 g/mol. The molecule has 1 aromatic carbocycles. The van der Waals surface area contributed by atoms with Crippen LogP contribution in [-0.2, 0) is 0 Å². The molecule has 0 bridgehead atoms. The Labute approximate surface area is 156 Å². The van der Waals surface area contributed by atoms with Gasteiger partial charge in [0.05, 0.1) is 6.21 Å². The quantitative estimate of drug-likeness (QED) is 0.570. The van der Waals surface area contributed by atoms with Gasteiger partial charge in [0.1, 0.15) is 17.0 Å². The SMILES string of the molecule is O=C(N/N=C/c1c(N2CCCC2)nc2ccccn2c1=O)c1ccccc1. The van der Waals surface area contributed by atoms with Crippen molar-refractivity contribution in [2.75, 3.05) is 18.0 Å². The molecule has 0 spiro atoms. The second kappa shape index (κ2) is 7.41. The molecular formula is C20H19N5O2. The summed E-state index contributed by atoms with van der Waals surface area (Å²) in [5.74, 6) is 0.282. The molecule has 1 aliphatic heterocycles. The fourth-order valence-electron chi connectivity index (χ4n) is 3.18. The van der Waals surface area contributed by atoms with E-state index in [1.807, 2.05) is 12.1 Å². The number of pyridine rings is 1. The molecule has 1 aliphatic rings. The molecule has 3 heterocycles. The highest BCUT2D eigenvalue weighted by Crippen LogP contribution is 2.20. The fourth-order valence-corrected chi connectivity index (χ4v) is 3.18. The number of hydrogen-bond acceptors (Lipinski definition) is 5. The Bertz CT molecular complexity index is 1050. The lowest BCUT2D eigenvalue weighted by atomic mass is 10.2. The van der Waals surface area contributed by atoms with Crippen molar-refractivity contribution in [3.8, 4) is 0 Å². The van der Waals surface area contributed by atoms with Crippen molar-refractivity contribution in [2.24, 2.45) is 5.10 Å². The van der Waals surface area contributed by atoms with Crippen LogP contribution in [0.2, 0.25) is 0 Å². The molecule has 3 aromatic rings. The van der Waals surface area contributed by atoms with Crippen LogP contribution in [0.5, 0.6) is 0 Å². The first-order chi connectivity index (χ1) is 13.2. The number of fused-ring (bicyclic) bond motifs is 1. The van der Waals surface area contributed by atoms with Gasteiger partial charge in [0.2, 0.25) is 0 Å². The maximum atomic E-state index is 12.9. The first-order valence-electron chi connectivity index (χ1n) is 8.89. The van der Waals surface area contributed by atoms with Gasteiger partial charge in [0.15, 0.2) is 0 Å². The molecule has 1 amide bonds. The van der Waals surface area contributed by atoms with Crippen LogP contribution in [0.4, 0.5) is 5.82 Å². The molecule has 1 fully saturated rings. The van der Waals surface area contributed by atoms with E-state index in [1.165, 1.54) is 10.6 Å². The van der Waals surface area contributed by atoms with E-state index in [0.29, 0.717) is 22.6 Å². The zero-order valence-electron chi connectivity index (χ0n) is 14.7. The smallest absolute Gasteiger partial charge is 0.271 e. The highest BCUT2D eigenvalue weighted by Gasteiger charge is 2.20. The molecule has 0 aliphatic carbocycles. The third kappa shape index (κ3) is 3.44. The summed E-state index contributed by atoms with van der Waals surface area (Å²) in [5, 5.41) is 4.01. The lowest BCUT2D eigenvalue weighted by molar-refractivity contribution is 0.0955. The molecule has 1 saturated heterocycles. The van der Waals surface area contributed by atoms with Crippen LogP contribution < -0.4 is 15.9 Å². The second-order valence-corrected chi connectivity index (χ2v) is 6.34. The predicted molar refractivity (Wildman–Crippen MR) is 104 cm³/mol. The molecule has 27 heavy (non-hydrogen) atoms. The molecule has 0 unspecified atom stereocenters. The number of nitrogens with zero attached hydrogens (tertiary/aromatic N) is 4. The minimum absolute atomic E-state index is 0.208. The van der Waals surface area contributed by atoms with E-state index < -0.39 is 0 Å². The van der Waals surface area contributed by atoms with Gasteiger partial charge in [-0.1, -0.05) is 24.3 Å². The number of carbonyl (C=O) groups excluding carboxylic acids is 1.